The van der Waals surface area contributed by atoms with Crippen molar-refractivity contribution in [2.24, 2.45) is 4.99 Å². The third-order valence-corrected chi connectivity index (χ3v) is 5.28. The summed E-state index contributed by atoms with van der Waals surface area (Å²) in [6.07, 6.45) is 2.04. The topological polar surface area (TPSA) is 83.0 Å². The second kappa shape index (κ2) is 9.32. The van der Waals surface area contributed by atoms with Gasteiger partial charge in [-0.2, -0.15) is 4.31 Å². The Morgan fingerprint density at radius 2 is 1.82 bits per heavy atom. The molecule has 2 N–H and O–H groups in total. The minimum atomic E-state index is -3.27. The van der Waals surface area contributed by atoms with Crippen molar-refractivity contribution in [3.05, 3.63) is 0 Å². The number of morpholine rings is 1. The first-order valence-corrected chi connectivity index (χ1v) is 9.57. The number of nitrogens with one attached hydrogen (secondary N) is 2. The SMILES string of the molecule is CCCCNC(=NC)NCCS(=O)(=O)N1CC(C)OC(C)C1. The van der Waals surface area contributed by atoms with E-state index in [1.807, 2.05) is 13.8 Å². The summed E-state index contributed by atoms with van der Waals surface area (Å²) in [5.74, 6) is 0.702. The van der Waals surface area contributed by atoms with Gasteiger partial charge in [0, 0.05) is 33.2 Å². The van der Waals surface area contributed by atoms with Crippen LogP contribution in [0.15, 0.2) is 4.99 Å². The zero-order valence-corrected chi connectivity index (χ0v) is 14.9. The first-order chi connectivity index (χ1) is 10.4. The summed E-state index contributed by atoms with van der Waals surface area (Å²) in [7, 11) is -1.59. The van der Waals surface area contributed by atoms with Crippen LogP contribution in [-0.4, -0.2) is 69.9 Å². The summed E-state index contributed by atoms with van der Waals surface area (Å²) in [6, 6.07) is 0. The van der Waals surface area contributed by atoms with Crippen LogP contribution in [0.5, 0.6) is 0 Å². The van der Waals surface area contributed by atoms with Crippen molar-refractivity contribution >= 4 is 16.0 Å². The molecule has 0 saturated carbocycles. The van der Waals surface area contributed by atoms with Gasteiger partial charge in [0.05, 0.1) is 18.0 Å². The van der Waals surface area contributed by atoms with E-state index in [9.17, 15) is 8.42 Å². The molecule has 1 saturated heterocycles. The smallest absolute Gasteiger partial charge is 0.216 e. The second-order valence-electron chi connectivity index (χ2n) is 5.67. The minimum absolute atomic E-state index is 0.0565. The van der Waals surface area contributed by atoms with Crippen LogP contribution in [0.4, 0.5) is 0 Å². The van der Waals surface area contributed by atoms with Crippen molar-refractivity contribution in [2.45, 2.75) is 45.8 Å². The van der Waals surface area contributed by atoms with E-state index in [2.05, 4.69) is 22.5 Å². The van der Waals surface area contributed by atoms with Crippen LogP contribution >= 0.6 is 0 Å². The third kappa shape index (κ3) is 6.50. The average molecular weight is 334 g/mol. The Hall–Kier alpha value is -0.860. The number of unbranched alkanes of at least 4 members (excludes halogenated alkanes) is 1. The highest BCUT2D eigenvalue weighted by Gasteiger charge is 2.30. The molecule has 0 aromatic heterocycles. The van der Waals surface area contributed by atoms with E-state index in [1.54, 1.807) is 7.05 Å². The van der Waals surface area contributed by atoms with Gasteiger partial charge in [-0.1, -0.05) is 13.3 Å². The highest BCUT2D eigenvalue weighted by Crippen LogP contribution is 2.14. The number of rotatable bonds is 7. The fourth-order valence-electron chi connectivity index (χ4n) is 2.39. The molecule has 2 unspecified atom stereocenters. The van der Waals surface area contributed by atoms with E-state index in [1.165, 1.54) is 4.31 Å². The lowest BCUT2D eigenvalue weighted by molar-refractivity contribution is -0.0440. The molecule has 0 aromatic rings. The molecule has 8 heteroatoms. The predicted molar refractivity (Wildman–Crippen MR) is 89.6 cm³/mol. The number of hydrogen-bond donors (Lipinski definition) is 2. The molecular weight excluding hydrogens is 304 g/mol. The Morgan fingerprint density at radius 1 is 1.23 bits per heavy atom. The van der Waals surface area contributed by atoms with Crippen LogP contribution in [0.25, 0.3) is 0 Å². The maximum absolute atomic E-state index is 12.4. The van der Waals surface area contributed by atoms with E-state index in [0.717, 1.165) is 19.4 Å². The van der Waals surface area contributed by atoms with Gasteiger partial charge in [-0.3, -0.25) is 4.99 Å². The van der Waals surface area contributed by atoms with Crippen molar-refractivity contribution in [1.29, 1.82) is 0 Å². The van der Waals surface area contributed by atoms with E-state index >= 15 is 0 Å². The standard InChI is InChI=1S/C14H30N4O3S/c1-5-6-7-16-14(15-4)17-8-9-22(19,20)18-10-12(2)21-13(3)11-18/h12-13H,5-11H2,1-4H3,(H2,15,16,17). The van der Waals surface area contributed by atoms with Crippen molar-refractivity contribution in [3.63, 3.8) is 0 Å². The number of hydrogen-bond acceptors (Lipinski definition) is 4. The number of ether oxygens (including phenoxy) is 1. The molecule has 1 heterocycles. The summed E-state index contributed by atoms with van der Waals surface area (Å²) >= 11 is 0. The fraction of sp³-hybridized carbons (Fsp3) is 0.929. The molecule has 0 amide bonds. The Bertz CT molecular complexity index is 443. The number of sulfonamides is 1. The van der Waals surface area contributed by atoms with Crippen LogP contribution in [0.3, 0.4) is 0 Å². The molecule has 22 heavy (non-hydrogen) atoms. The summed E-state index contributed by atoms with van der Waals surface area (Å²) in [5.41, 5.74) is 0. The minimum Gasteiger partial charge on any atom is -0.373 e. The first kappa shape index (κ1) is 19.2. The Balaban J connectivity index is 2.41. The fourth-order valence-corrected chi connectivity index (χ4v) is 3.88. The van der Waals surface area contributed by atoms with Gasteiger partial charge >= 0.3 is 0 Å². The van der Waals surface area contributed by atoms with Gasteiger partial charge in [-0.05, 0) is 20.3 Å². The molecule has 1 rings (SSSR count). The van der Waals surface area contributed by atoms with Crippen LogP contribution in [-0.2, 0) is 14.8 Å². The highest BCUT2D eigenvalue weighted by atomic mass is 32.2. The molecule has 0 aromatic carbocycles. The van der Waals surface area contributed by atoms with Crippen molar-refractivity contribution in [1.82, 2.24) is 14.9 Å². The van der Waals surface area contributed by atoms with Crippen LogP contribution < -0.4 is 10.6 Å². The van der Waals surface area contributed by atoms with Gasteiger partial charge in [0.15, 0.2) is 5.96 Å². The average Bonchev–Trinajstić information content (AvgIpc) is 2.44. The predicted octanol–water partition coefficient (Wildman–Crippen LogP) is 0.391. The lowest BCUT2D eigenvalue weighted by Crippen LogP contribution is -2.50. The van der Waals surface area contributed by atoms with Gasteiger partial charge in [-0.15, -0.1) is 0 Å². The Morgan fingerprint density at radius 3 is 2.36 bits per heavy atom. The molecular formula is C14H30N4O3S. The molecule has 0 bridgehead atoms. The van der Waals surface area contributed by atoms with E-state index in [4.69, 9.17) is 4.74 Å². The zero-order valence-electron chi connectivity index (χ0n) is 14.1. The van der Waals surface area contributed by atoms with Crippen LogP contribution in [0.2, 0.25) is 0 Å². The maximum Gasteiger partial charge on any atom is 0.216 e. The molecule has 1 aliphatic rings. The summed E-state index contributed by atoms with van der Waals surface area (Å²) < 4.78 is 31.9. The van der Waals surface area contributed by atoms with Gasteiger partial charge in [0.25, 0.3) is 0 Å². The highest BCUT2D eigenvalue weighted by molar-refractivity contribution is 7.89. The maximum atomic E-state index is 12.4. The quantitative estimate of drug-likeness (QED) is 0.400. The van der Waals surface area contributed by atoms with Crippen molar-refractivity contribution < 1.29 is 13.2 Å². The third-order valence-electron chi connectivity index (χ3n) is 3.48. The lowest BCUT2D eigenvalue weighted by Gasteiger charge is -2.34. The largest absolute Gasteiger partial charge is 0.373 e. The zero-order chi connectivity index (χ0) is 16.6. The Kier molecular flexibility index (Phi) is 8.13. The molecule has 0 radical (unpaired) electrons. The van der Waals surface area contributed by atoms with Crippen molar-refractivity contribution in [2.75, 3.05) is 39.0 Å². The Labute approximate surface area is 134 Å². The number of guanidine groups is 1. The van der Waals surface area contributed by atoms with Gasteiger partial charge in [0.2, 0.25) is 10.0 Å². The van der Waals surface area contributed by atoms with Crippen LogP contribution in [0.1, 0.15) is 33.6 Å². The van der Waals surface area contributed by atoms with Crippen LogP contribution in [0, 0.1) is 0 Å². The molecule has 7 nitrogen and oxygen atoms in total. The van der Waals surface area contributed by atoms with Crippen molar-refractivity contribution in [3.8, 4) is 0 Å². The van der Waals surface area contributed by atoms with E-state index in [-0.39, 0.29) is 18.0 Å². The molecule has 1 aliphatic heterocycles. The normalized spacial score (nSPS) is 24.3. The summed E-state index contributed by atoms with van der Waals surface area (Å²) in [5, 5.41) is 6.21. The monoisotopic (exact) mass is 334 g/mol. The molecule has 0 aliphatic carbocycles. The molecule has 0 spiro atoms. The second-order valence-corrected chi connectivity index (χ2v) is 7.76. The number of aliphatic imine (C=N–C) groups is 1. The van der Waals surface area contributed by atoms with E-state index in [0.29, 0.717) is 25.6 Å². The molecule has 130 valence electrons. The van der Waals surface area contributed by atoms with Gasteiger partial charge in [0.1, 0.15) is 0 Å². The summed E-state index contributed by atoms with van der Waals surface area (Å²) in [6.45, 7) is 7.95. The van der Waals surface area contributed by atoms with Gasteiger partial charge in [-0.25, -0.2) is 8.42 Å². The molecule has 1 fully saturated rings. The summed E-state index contributed by atoms with van der Waals surface area (Å²) in [4.78, 5) is 4.08. The van der Waals surface area contributed by atoms with E-state index < -0.39 is 10.0 Å². The number of nitrogens with zero attached hydrogens (tertiary/aromatic N) is 2. The molecule has 2 atom stereocenters. The van der Waals surface area contributed by atoms with Gasteiger partial charge < -0.3 is 15.4 Å². The first-order valence-electron chi connectivity index (χ1n) is 7.96. The lowest BCUT2D eigenvalue weighted by atomic mass is 10.3.